The first-order chi connectivity index (χ1) is 16.6. The highest BCUT2D eigenvalue weighted by atomic mass is 19.4. The quantitative estimate of drug-likeness (QED) is 0.333. The average molecular weight is 482 g/mol. The van der Waals surface area contributed by atoms with Crippen LogP contribution in [0.1, 0.15) is 46.8 Å². The summed E-state index contributed by atoms with van der Waals surface area (Å²) in [5.74, 6) is 0.737. The van der Waals surface area contributed by atoms with Crippen LogP contribution in [0, 0.1) is 25.7 Å². The van der Waals surface area contributed by atoms with Crippen LogP contribution in [0.3, 0.4) is 0 Å². The number of halogens is 3. The van der Waals surface area contributed by atoms with Crippen molar-refractivity contribution < 1.29 is 22.8 Å². The van der Waals surface area contributed by atoms with Crippen molar-refractivity contribution in [2.45, 2.75) is 51.6 Å². The van der Waals surface area contributed by atoms with Crippen molar-refractivity contribution in [2.75, 3.05) is 13.1 Å². The van der Waals surface area contributed by atoms with E-state index in [4.69, 9.17) is 0 Å². The molecule has 5 unspecified atom stereocenters. The third-order valence-corrected chi connectivity index (χ3v) is 8.25. The first-order valence-corrected chi connectivity index (χ1v) is 12.3. The number of piperidine rings is 3. The van der Waals surface area contributed by atoms with Crippen molar-refractivity contribution in [3.63, 3.8) is 0 Å². The number of nitrogens with zero attached hydrogens (tertiary/aromatic N) is 2. The molecule has 184 valence electrons. The first kappa shape index (κ1) is 24.0. The highest BCUT2D eigenvalue weighted by molar-refractivity contribution is 5.83. The van der Waals surface area contributed by atoms with Gasteiger partial charge in [0.05, 0.1) is 24.2 Å². The number of aromatic nitrogens is 1. The van der Waals surface area contributed by atoms with Gasteiger partial charge in [0.25, 0.3) is 0 Å². The SMILES string of the molecule is C=CC1C[N+]2(Cc3cc(C)cc(C(F)(F)F)c3)CCC1CC2C(O)c1ccnc2ccc(C)cc12. The van der Waals surface area contributed by atoms with E-state index in [0.717, 1.165) is 48.0 Å². The smallest absolute Gasteiger partial charge is 0.382 e. The third-order valence-electron chi connectivity index (χ3n) is 8.25. The van der Waals surface area contributed by atoms with Crippen molar-refractivity contribution in [1.82, 2.24) is 4.98 Å². The van der Waals surface area contributed by atoms with Gasteiger partial charge in [0.2, 0.25) is 0 Å². The Morgan fingerprint density at radius 1 is 1.14 bits per heavy atom. The summed E-state index contributed by atoms with van der Waals surface area (Å²) in [7, 11) is 0. The Bertz CT molecular complexity index is 1270. The molecule has 0 spiro atoms. The highest BCUT2D eigenvalue weighted by Crippen LogP contribution is 2.48. The summed E-state index contributed by atoms with van der Waals surface area (Å²) in [5.41, 5.74) is 3.46. The molecule has 0 radical (unpaired) electrons. The Kier molecular flexibility index (Phi) is 6.01. The van der Waals surface area contributed by atoms with Crippen LogP contribution in [-0.4, -0.2) is 33.7 Å². The lowest BCUT2D eigenvalue weighted by Gasteiger charge is -2.58. The summed E-state index contributed by atoms with van der Waals surface area (Å²) in [4.78, 5) is 4.48. The maximum absolute atomic E-state index is 13.6. The van der Waals surface area contributed by atoms with Crippen LogP contribution in [0.4, 0.5) is 13.2 Å². The normalized spacial score (nSPS) is 27.2. The molecule has 1 aromatic heterocycles. The summed E-state index contributed by atoms with van der Waals surface area (Å²) in [6.45, 7) is 9.88. The van der Waals surface area contributed by atoms with Gasteiger partial charge in [-0.15, -0.1) is 6.58 Å². The largest absolute Gasteiger partial charge is 0.416 e. The van der Waals surface area contributed by atoms with Crippen LogP contribution in [-0.2, 0) is 12.7 Å². The Balaban J connectivity index is 1.57. The van der Waals surface area contributed by atoms with Gasteiger partial charge in [0, 0.05) is 35.9 Å². The van der Waals surface area contributed by atoms with Gasteiger partial charge in [0.15, 0.2) is 0 Å². The van der Waals surface area contributed by atoms with E-state index in [-0.39, 0.29) is 6.04 Å². The van der Waals surface area contributed by atoms with Gasteiger partial charge in [0.1, 0.15) is 18.7 Å². The minimum absolute atomic E-state index is 0.106. The Morgan fingerprint density at radius 3 is 2.69 bits per heavy atom. The lowest BCUT2D eigenvalue weighted by molar-refractivity contribution is -0.984. The Labute approximate surface area is 204 Å². The van der Waals surface area contributed by atoms with E-state index in [1.807, 2.05) is 37.3 Å². The van der Waals surface area contributed by atoms with Crippen LogP contribution in [0.25, 0.3) is 10.9 Å². The number of pyridine rings is 1. The van der Waals surface area contributed by atoms with Crippen molar-refractivity contribution in [1.29, 1.82) is 0 Å². The second-order valence-electron chi connectivity index (χ2n) is 10.6. The number of hydrogen-bond donors (Lipinski definition) is 1. The first-order valence-electron chi connectivity index (χ1n) is 12.3. The number of hydrogen-bond acceptors (Lipinski definition) is 2. The van der Waals surface area contributed by atoms with Gasteiger partial charge in [-0.25, -0.2) is 0 Å². The fraction of sp³-hybridized carbons (Fsp3) is 0.414. The summed E-state index contributed by atoms with van der Waals surface area (Å²) in [6, 6.07) is 12.2. The molecule has 35 heavy (non-hydrogen) atoms. The second-order valence-corrected chi connectivity index (χ2v) is 10.6. The topological polar surface area (TPSA) is 33.1 Å². The van der Waals surface area contributed by atoms with Gasteiger partial charge >= 0.3 is 6.18 Å². The standard InChI is InChI=1S/C29H32F3N2O/c1-4-21-17-34(16-20-11-19(3)12-23(14-20)29(30,31)32)10-8-22(21)15-27(34)28(35)24-7-9-33-26-6-5-18(2)13-25(24)26/h4-7,9,11-14,21-22,27-28,35H,1,8,10,15-17H2,2-3H3/q+1. The molecule has 0 amide bonds. The lowest BCUT2D eigenvalue weighted by Crippen LogP contribution is -2.67. The number of quaternary nitrogens is 1. The average Bonchev–Trinajstić information content (AvgIpc) is 2.82. The zero-order valence-electron chi connectivity index (χ0n) is 20.2. The number of alkyl halides is 3. The molecule has 2 aromatic carbocycles. The molecule has 5 atom stereocenters. The summed E-state index contributed by atoms with van der Waals surface area (Å²) in [5, 5.41) is 12.8. The van der Waals surface area contributed by atoms with Gasteiger partial charge in [-0.2, -0.15) is 13.2 Å². The fourth-order valence-electron chi connectivity index (χ4n) is 6.61. The third kappa shape index (κ3) is 4.38. The van der Waals surface area contributed by atoms with Crippen LogP contribution >= 0.6 is 0 Å². The van der Waals surface area contributed by atoms with E-state index in [9.17, 15) is 18.3 Å². The molecular formula is C29H32F3N2O+. The van der Waals surface area contributed by atoms with Crippen LogP contribution in [0.15, 0.2) is 61.3 Å². The monoisotopic (exact) mass is 481 g/mol. The van der Waals surface area contributed by atoms with Crippen molar-refractivity contribution in [2.24, 2.45) is 11.8 Å². The molecule has 3 saturated heterocycles. The summed E-state index contributed by atoms with van der Waals surface area (Å²) >= 11 is 0. The summed E-state index contributed by atoms with van der Waals surface area (Å²) < 4.78 is 41.3. The van der Waals surface area contributed by atoms with E-state index in [2.05, 4.69) is 17.6 Å². The molecule has 6 heteroatoms. The fourth-order valence-corrected chi connectivity index (χ4v) is 6.61. The maximum atomic E-state index is 13.6. The van der Waals surface area contributed by atoms with Gasteiger partial charge in [-0.3, -0.25) is 4.98 Å². The van der Waals surface area contributed by atoms with Crippen molar-refractivity contribution in [3.8, 4) is 0 Å². The molecule has 1 N–H and O–H groups in total. The minimum atomic E-state index is -4.38. The number of fused-ring (bicyclic) bond motifs is 4. The molecule has 3 aliphatic rings. The number of aryl methyl sites for hydroxylation is 2. The molecule has 3 aromatic rings. The van der Waals surface area contributed by atoms with E-state index in [1.54, 1.807) is 13.1 Å². The number of aliphatic hydroxyl groups excluding tert-OH is 1. The molecule has 3 aliphatic heterocycles. The van der Waals surface area contributed by atoms with E-state index in [0.29, 0.717) is 34.0 Å². The Morgan fingerprint density at radius 2 is 1.94 bits per heavy atom. The predicted octanol–water partition coefficient (Wildman–Crippen LogP) is 6.52. The second kappa shape index (κ2) is 8.75. The van der Waals surface area contributed by atoms with Gasteiger partial charge in [-0.1, -0.05) is 29.3 Å². The van der Waals surface area contributed by atoms with Crippen LogP contribution < -0.4 is 0 Å². The minimum Gasteiger partial charge on any atom is -0.382 e. The van der Waals surface area contributed by atoms with Crippen LogP contribution in [0.5, 0.6) is 0 Å². The summed E-state index contributed by atoms with van der Waals surface area (Å²) in [6.07, 6.45) is 0.440. The molecule has 0 aliphatic carbocycles. The van der Waals surface area contributed by atoms with Crippen LogP contribution in [0.2, 0.25) is 0 Å². The zero-order chi connectivity index (χ0) is 25.0. The molecular weight excluding hydrogens is 449 g/mol. The number of benzene rings is 2. The molecule has 3 nitrogen and oxygen atoms in total. The molecule has 2 bridgehead atoms. The zero-order valence-corrected chi connectivity index (χ0v) is 20.2. The lowest BCUT2D eigenvalue weighted by atomic mass is 9.71. The van der Waals surface area contributed by atoms with E-state index < -0.39 is 17.8 Å². The maximum Gasteiger partial charge on any atom is 0.416 e. The number of rotatable bonds is 5. The number of aliphatic hydroxyl groups is 1. The van der Waals surface area contributed by atoms with Gasteiger partial charge < -0.3 is 9.59 Å². The van der Waals surface area contributed by atoms with Gasteiger partial charge in [-0.05, 0) is 55.7 Å². The molecule has 0 saturated carbocycles. The van der Waals surface area contributed by atoms with Crippen molar-refractivity contribution >= 4 is 10.9 Å². The molecule has 4 heterocycles. The molecule has 3 fully saturated rings. The molecule has 6 rings (SSSR count). The Hall–Kier alpha value is -2.70. The van der Waals surface area contributed by atoms with Crippen molar-refractivity contribution in [3.05, 3.63) is 89.1 Å². The predicted molar refractivity (Wildman–Crippen MR) is 132 cm³/mol. The highest BCUT2D eigenvalue weighted by Gasteiger charge is 2.54. The van der Waals surface area contributed by atoms with E-state index in [1.165, 1.54) is 12.1 Å². The van der Waals surface area contributed by atoms with E-state index >= 15 is 0 Å².